The summed E-state index contributed by atoms with van der Waals surface area (Å²) in [4.78, 5) is 4.47. The molecule has 0 saturated heterocycles. The molecule has 3 nitrogen and oxygen atoms in total. The average Bonchev–Trinajstić information content (AvgIpc) is 2.67. The summed E-state index contributed by atoms with van der Waals surface area (Å²) in [5.74, 6) is 1.84. The maximum absolute atomic E-state index is 4.47. The highest BCUT2D eigenvalue weighted by molar-refractivity contribution is 7.97. The van der Waals surface area contributed by atoms with Gasteiger partial charge in [-0.15, -0.1) is 0 Å². The minimum atomic E-state index is 0.0889. The second kappa shape index (κ2) is 8.92. The number of hydrogen-bond donors (Lipinski definition) is 2. The van der Waals surface area contributed by atoms with E-state index in [1.807, 2.05) is 30.3 Å². The molecule has 0 spiro atoms. The number of rotatable bonds is 7. The molecular weight excluding hydrogens is 338 g/mol. The summed E-state index contributed by atoms with van der Waals surface area (Å²) in [5, 5.41) is 3.80. The van der Waals surface area contributed by atoms with Crippen LogP contribution >= 0.6 is 11.9 Å². The van der Waals surface area contributed by atoms with E-state index in [1.165, 1.54) is 31.4 Å². The summed E-state index contributed by atoms with van der Waals surface area (Å²) in [6.45, 7) is 6.90. The van der Waals surface area contributed by atoms with E-state index in [2.05, 4.69) is 66.1 Å². The first-order valence-corrected chi connectivity index (χ1v) is 10.7. The fourth-order valence-electron chi connectivity index (χ4n) is 3.90. The number of nitrogens with one attached hydrogen (secondary N) is 2. The molecule has 1 aromatic carbocycles. The van der Waals surface area contributed by atoms with Gasteiger partial charge in [0.2, 0.25) is 0 Å². The van der Waals surface area contributed by atoms with Gasteiger partial charge in [0.05, 0.1) is 5.69 Å². The largest absolute Gasteiger partial charge is 0.380 e. The Labute approximate surface area is 162 Å². The second-order valence-corrected chi connectivity index (χ2v) is 8.84. The highest BCUT2D eigenvalue weighted by atomic mass is 32.2. The van der Waals surface area contributed by atoms with Crippen LogP contribution in [0.4, 0.5) is 5.69 Å². The zero-order valence-corrected chi connectivity index (χ0v) is 17.0. The number of anilines is 1. The van der Waals surface area contributed by atoms with E-state index in [9.17, 15) is 0 Å². The van der Waals surface area contributed by atoms with Crippen molar-refractivity contribution in [1.29, 1.82) is 0 Å². The molecule has 1 aliphatic rings. The van der Waals surface area contributed by atoms with E-state index in [0.717, 1.165) is 17.0 Å². The van der Waals surface area contributed by atoms with Gasteiger partial charge in [0.1, 0.15) is 0 Å². The van der Waals surface area contributed by atoms with Gasteiger partial charge in [-0.2, -0.15) is 0 Å². The molecule has 0 amide bonds. The van der Waals surface area contributed by atoms with E-state index in [4.69, 9.17) is 0 Å². The van der Waals surface area contributed by atoms with Gasteiger partial charge in [-0.1, -0.05) is 37.1 Å². The van der Waals surface area contributed by atoms with Crippen molar-refractivity contribution in [1.82, 2.24) is 9.71 Å². The highest BCUT2D eigenvalue weighted by Crippen LogP contribution is 2.35. The molecule has 1 fully saturated rings. The maximum atomic E-state index is 4.47. The highest BCUT2D eigenvalue weighted by Gasteiger charge is 2.33. The summed E-state index contributed by atoms with van der Waals surface area (Å²) < 4.78 is 3.61. The molecule has 3 rings (SSSR count). The molecule has 0 unspecified atom stereocenters. The first kappa shape index (κ1) is 19.2. The third-order valence-corrected chi connectivity index (χ3v) is 6.22. The van der Waals surface area contributed by atoms with Crippen LogP contribution in [0.1, 0.15) is 46.5 Å². The van der Waals surface area contributed by atoms with Crippen molar-refractivity contribution >= 4 is 17.6 Å². The third-order valence-electron chi connectivity index (χ3n) is 5.43. The zero-order chi connectivity index (χ0) is 18.4. The Morgan fingerprint density at radius 3 is 2.58 bits per heavy atom. The lowest BCUT2D eigenvalue weighted by atomic mass is 9.75. The quantitative estimate of drug-likeness (QED) is 0.609. The van der Waals surface area contributed by atoms with Crippen molar-refractivity contribution in [3.63, 3.8) is 0 Å². The molecule has 0 atom stereocenters. The lowest BCUT2D eigenvalue weighted by Crippen LogP contribution is -2.43. The predicted molar refractivity (Wildman–Crippen MR) is 114 cm³/mol. The van der Waals surface area contributed by atoms with Gasteiger partial charge < -0.3 is 5.32 Å². The van der Waals surface area contributed by atoms with Gasteiger partial charge in [-0.3, -0.25) is 9.71 Å². The molecule has 1 heterocycles. The SMILES string of the molecule is CCSN[C@H]1CC[C@H](C(C)(C)Nc2cccc(-c3ccccn3)c2)CC1. The minimum absolute atomic E-state index is 0.0889. The molecular formula is C22H31N3S. The van der Waals surface area contributed by atoms with Crippen LogP contribution in [0.3, 0.4) is 0 Å². The van der Waals surface area contributed by atoms with Gasteiger partial charge in [-0.25, -0.2) is 0 Å². The molecule has 0 aliphatic heterocycles. The number of aromatic nitrogens is 1. The smallest absolute Gasteiger partial charge is 0.0702 e. The lowest BCUT2D eigenvalue weighted by Gasteiger charge is -2.40. The molecule has 2 aromatic rings. The Balaban J connectivity index is 1.63. The van der Waals surface area contributed by atoms with E-state index < -0.39 is 0 Å². The summed E-state index contributed by atoms with van der Waals surface area (Å²) in [7, 11) is 0. The Morgan fingerprint density at radius 1 is 1.08 bits per heavy atom. The average molecular weight is 370 g/mol. The molecule has 0 radical (unpaired) electrons. The summed E-state index contributed by atoms with van der Waals surface area (Å²) in [5.41, 5.74) is 3.45. The van der Waals surface area contributed by atoms with Crippen LogP contribution in [-0.2, 0) is 0 Å². The monoisotopic (exact) mass is 369 g/mol. The molecule has 1 aliphatic carbocycles. The third kappa shape index (κ3) is 5.01. The fraction of sp³-hybridized carbons (Fsp3) is 0.500. The van der Waals surface area contributed by atoms with Crippen LogP contribution in [0.5, 0.6) is 0 Å². The van der Waals surface area contributed by atoms with Crippen LogP contribution in [0.2, 0.25) is 0 Å². The molecule has 4 heteroatoms. The molecule has 2 N–H and O–H groups in total. The minimum Gasteiger partial charge on any atom is -0.380 e. The van der Waals surface area contributed by atoms with Crippen molar-refractivity contribution in [2.75, 3.05) is 11.1 Å². The molecule has 26 heavy (non-hydrogen) atoms. The van der Waals surface area contributed by atoms with Crippen molar-refractivity contribution in [2.24, 2.45) is 5.92 Å². The van der Waals surface area contributed by atoms with Crippen LogP contribution in [0.25, 0.3) is 11.3 Å². The molecule has 140 valence electrons. The van der Waals surface area contributed by atoms with E-state index in [-0.39, 0.29) is 5.54 Å². The Kier molecular flexibility index (Phi) is 6.60. The van der Waals surface area contributed by atoms with Gasteiger partial charge in [-0.05, 0) is 69.7 Å². The molecule has 1 saturated carbocycles. The van der Waals surface area contributed by atoms with Gasteiger partial charge in [0, 0.05) is 34.8 Å². The van der Waals surface area contributed by atoms with Crippen molar-refractivity contribution in [3.8, 4) is 11.3 Å². The van der Waals surface area contributed by atoms with Crippen LogP contribution in [0.15, 0.2) is 48.7 Å². The van der Waals surface area contributed by atoms with E-state index in [1.54, 1.807) is 0 Å². The van der Waals surface area contributed by atoms with E-state index in [0.29, 0.717) is 12.0 Å². The summed E-state index contributed by atoms with van der Waals surface area (Å²) >= 11 is 1.85. The van der Waals surface area contributed by atoms with E-state index >= 15 is 0 Å². The second-order valence-electron chi connectivity index (χ2n) is 7.74. The van der Waals surface area contributed by atoms with Crippen LogP contribution in [0, 0.1) is 5.92 Å². The summed E-state index contributed by atoms with van der Waals surface area (Å²) in [6.07, 6.45) is 6.96. The first-order chi connectivity index (χ1) is 12.6. The Morgan fingerprint density at radius 2 is 1.88 bits per heavy atom. The fourth-order valence-corrected chi connectivity index (χ4v) is 4.54. The van der Waals surface area contributed by atoms with Crippen LogP contribution in [-0.4, -0.2) is 22.3 Å². The molecule has 0 bridgehead atoms. The normalized spacial score (nSPS) is 20.7. The van der Waals surface area contributed by atoms with Gasteiger partial charge >= 0.3 is 0 Å². The lowest BCUT2D eigenvalue weighted by molar-refractivity contribution is 0.236. The van der Waals surface area contributed by atoms with Crippen LogP contribution < -0.4 is 10.0 Å². The van der Waals surface area contributed by atoms with Crippen molar-refractivity contribution in [2.45, 2.75) is 58.0 Å². The number of hydrogen-bond acceptors (Lipinski definition) is 4. The molecule has 1 aromatic heterocycles. The number of benzene rings is 1. The number of pyridine rings is 1. The Bertz CT molecular complexity index is 679. The van der Waals surface area contributed by atoms with Crippen molar-refractivity contribution < 1.29 is 0 Å². The Hall–Kier alpha value is -1.52. The zero-order valence-electron chi connectivity index (χ0n) is 16.2. The van der Waals surface area contributed by atoms with Gasteiger partial charge in [0.25, 0.3) is 0 Å². The standard InChI is InChI=1S/C22H31N3S/c1-4-26-25-19-13-11-18(12-14-19)22(2,3)24-20-9-7-8-17(16-20)21-10-5-6-15-23-21/h5-10,15-16,18-19,24-25H,4,11-14H2,1-3H3/t18-,19-. The predicted octanol–water partition coefficient (Wildman–Crippen LogP) is 5.76. The van der Waals surface area contributed by atoms with Crippen molar-refractivity contribution in [3.05, 3.63) is 48.7 Å². The maximum Gasteiger partial charge on any atom is 0.0702 e. The number of nitrogens with zero attached hydrogens (tertiary/aromatic N) is 1. The summed E-state index contributed by atoms with van der Waals surface area (Å²) in [6, 6.07) is 15.4. The van der Waals surface area contributed by atoms with Gasteiger partial charge in [0.15, 0.2) is 0 Å². The first-order valence-electron chi connectivity index (χ1n) is 9.75. The topological polar surface area (TPSA) is 37.0 Å².